The lowest BCUT2D eigenvalue weighted by atomic mass is 10.1. The Morgan fingerprint density at radius 1 is 0.909 bits per heavy atom. The number of nitro groups is 1. The zero-order chi connectivity index (χ0) is 15.5. The number of hydrogen-bond donors (Lipinski definition) is 1. The van der Waals surface area contributed by atoms with E-state index in [0.717, 1.165) is 0 Å². The number of rotatable bonds is 3. The molecule has 3 rings (SSSR count). The van der Waals surface area contributed by atoms with Gasteiger partial charge in [0.05, 0.1) is 4.92 Å². The van der Waals surface area contributed by atoms with Crippen LogP contribution in [0.4, 0.5) is 5.69 Å². The van der Waals surface area contributed by atoms with Gasteiger partial charge in [0.25, 0.3) is 0 Å². The summed E-state index contributed by atoms with van der Waals surface area (Å²) in [6, 6.07) is 17.6. The van der Waals surface area contributed by atoms with Crippen LogP contribution >= 0.6 is 0 Å². The zero-order valence-electron chi connectivity index (χ0n) is 11.4. The fourth-order valence-electron chi connectivity index (χ4n) is 2.17. The minimum Gasteiger partial charge on any atom is -0.301 e. The van der Waals surface area contributed by atoms with Crippen LogP contribution in [0.5, 0.6) is 0 Å². The summed E-state index contributed by atoms with van der Waals surface area (Å²) in [5.41, 5.74) is -0.0408. The van der Waals surface area contributed by atoms with Crippen LogP contribution in [0.1, 0.15) is 0 Å². The Morgan fingerprint density at radius 2 is 1.45 bits per heavy atom. The molecule has 0 fully saturated rings. The van der Waals surface area contributed by atoms with E-state index in [-0.39, 0.29) is 5.69 Å². The third-order valence-corrected chi connectivity index (χ3v) is 3.17. The molecule has 2 aromatic carbocycles. The van der Waals surface area contributed by atoms with E-state index < -0.39 is 16.2 Å². The quantitative estimate of drug-likeness (QED) is 0.593. The molecule has 0 saturated heterocycles. The summed E-state index contributed by atoms with van der Waals surface area (Å²) in [5, 5.41) is 11.2. The number of benzene rings is 2. The van der Waals surface area contributed by atoms with Crippen molar-refractivity contribution in [3.05, 3.63) is 81.1 Å². The molecule has 0 unspecified atom stereocenters. The molecule has 6 heteroatoms. The van der Waals surface area contributed by atoms with Crippen LogP contribution in [-0.2, 0) is 0 Å². The SMILES string of the molecule is O=c1[nH]c(-c2ccccc2)nc(-c2ccccc2)c1[N+](=O)[O-]. The van der Waals surface area contributed by atoms with Gasteiger partial charge in [-0.1, -0.05) is 60.7 Å². The zero-order valence-corrected chi connectivity index (χ0v) is 11.4. The highest BCUT2D eigenvalue weighted by Crippen LogP contribution is 2.26. The van der Waals surface area contributed by atoms with Crippen molar-refractivity contribution < 1.29 is 4.92 Å². The molecule has 1 aromatic heterocycles. The average Bonchev–Trinajstić information content (AvgIpc) is 2.55. The molecular formula is C16H11N3O3. The fraction of sp³-hybridized carbons (Fsp3) is 0. The van der Waals surface area contributed by atoms with E-state index in [1.807, 2.05) is 6.07 Å². The van der Waals surface area contributed by atoms with Crippen molar-refractivity contribution >= 4 is 5.69 Å². The van der Waals surface area contributed by atoms with E-state index in [4.69, 9.17) is 0 Å². The molecular weight excluding hydrogens is 282 g/mol. The van der Waals surface area contributed by atoms with Crippen LogP contribution in [0.3, 0.4) is 0 Å². The van der Waals surface area contributed by atoms with E-state index in [2.05, 4.69) is 9.97 Å². The van der Waals surface area contributed by atoms with Crippen molar-refractivity contribution in [2.45, 2.75) is 0 Å². The van der Waals surface area contributed by atoms with Gasteiger partial charge in [0.15, 0.2) is 5.69 Å². The van der Waals surface area contributed by atoms with Crippen molar-refractivity contribution in [3.8, 4) is 22.6 Å². The van der Waals surface area contributed by atoms with Crippen LogP contribution < -0.4 is 5.56 Å². The first-order valence-corrected chi connectivity index (χ1v) is 6.56. The van der Waals surface area contributed by atoms with Gasteiger partial charge in [-0.3, -0.25) is 14.9 Å². The number of nitrogens with one attached hydrogen (secondary N) is 1. The van der Waals surface area contributed by atoms with Crippen LogP contribution in [0.2, 0.25) is 0 Å². The maximum Gasteiger partial charge on any atom is 0.359 e. The van der Waals surface area contributed by atoms with Gasteiger partial charge in [-0.2, -0.15) is 0 Å². The minimum absolute atomic E-state index is 0.0632. The van der Waals surface area contributed by atoms with Gasteiger partial charge in [-0.15, -0.1) is 0 Å². The van der Waals surface area contributed by atoms with Gasteiger partial charge in [-0.25, -0.2) is 4.98 Å². The lowest BCUT2D eigenvalue weighted by molar-refractivity contribution is -0.385. The molecule has 0 bridgehead atoms. The number of nitrogens with zero attached hydrogens (tertiary/aromatic N) is 2. The largest absolute Gasteiger partial charge is 0.359 e. The van der Waals surface area contributed by atoms with E-state index in [1.54, 1.807) is 54.6 Å². The highest BCUT2D eigenvalue weighted by Gasteiger charge is 2.23. The number of H-pyrrole nitrogens is 1. The van der Waals surface area contributed by atoms with Gasteiger partial charge >= 0.3 is 11.2 Å². The Kier molecular flexibility index (Phi) is 3.49. The second-order valence-electron chi connectivity index (χ2n) is 4.60. The lowest BCUT2D eigenvalue weighted by Gasteiger charge is -2.05. The first-order valence-electron chi connectivity index (χ1n) is 6.56. The lowest BCUT2D eigenvalue weighted by Crippen LogP contribution is -2.15. The first kappa shape index (κ1) is 13.7. The molecule has 0 saturated carbocycles. The molecule has 0 amide bonds. The van der Waals surface area contributed by atoms with Gasteiger partial charge in [0.1, 0.15) is 5.82 Å². The van der Waals surface area contributed by atoms with Gasteiger partial charge in [0.2, 0.25) is 0 Å². The Hall–Kier alpha value is -3.28. The Bertz CT molecular complexity index is 874. The Balaban J connectivity index is 2.29. The van der Waals surface area contributed by atoms with Crippen molar-refractivity contribution in [1.29, 1.82) is 0 Å². The van der Waals surface area contributed by atoms with Gasteiger partial charge in [0, 0.05) is 11.1 Å². The molecule has 22 heavy (non-hydrogen) atoms. The monoisotopic (exact) mass is 293 g/mol. The molecule has 0 atom stereocenters. The molecule has 0 aliphatic heterocycles. The predicted octanol–water partition coefficient (Wildman–Crippen LogP) is 3.01. The molecule has 0 aliphatic rings. The fourth-order valence-corrected chi connectivity index (χ4v) is 2.17. The Labute approximate surface area is 125 Å². The van der Waals surface area contributed by atoms with Gasteiger partial charge in [-0.05, 0) is 0 Å². The predicted molar refractivity (Wildman–Crippen MR) is 82.4 cm³/mol. The van der Waals surface area contributed by atoms with Crippen LogP contribution in [-0.4, -0.2) is 14.9 Å². The molecule has 1 heterocycles. The van der Waals surface area contributed by atoms with E-state index in [0.29, 0.717) is 17.0 Å². The summed E-state index contributed by atoms with van der Waals surface area (Å²) in [6.07, 6.45) is 0. The summed E-state index contributed by atoms with van der Waals surface area (Å²) in [7, 11) is 0. The highest BCUT2D eigenvalue weighted by molar-refractivity contribution is 5.71. The molecule has 0 aliphatic carbocycles. The second-order valence-corrected chi connectivity index (χ2v) is 4.60. The summed E-state index contributed by atoms with van der Waals surface area (Å²) >= 11 is 0. The summed E-state index contributed by atoms with van der Waals surface area (Å²) in [4.78, 5) is 29.4. The van der Waals surface area contributed by atoms with Crippen LogP contribution in [0.15, 0.2) is 65.5 Å². The average molecular weight is 293 g/mol. The molecule has 1 N–H and O–H groups in total. The topological polar surface area (TPSA) is 88.9 Å². The maximum absolute atomic E-state index is 12.1. The smallest absolute Gasteiger partial charge is 0.301 e. The van der Waals surface area contributed by atoms with Crippen LogP contribution in [0.25, 0.3) is 22.6 Å². The number of hydrogen-bond acceptors (Lipinski definition) is 4. The molecule has 3 aromatic rings. The maximum atomic E-state index is 12.1. The molecule has 108 valence electrons. The number of aromatic nitrogens is 2. The van der Waals surface area contributed by atoms with Crippen molar-refractivity contribution in [2.75, 3.05) is 0 Å². The summed E-state index contributed by atoms with van der Waals surface area (Å²) in [6.45, 7) is 0. The first-order chi connectivity index (χ1) is 10.7. The van der Waals surface area contributed by atoms with E-state index >= 15 is 0 Å². The standard InChI is InChI=1S/C16H11N3O3/c20-16-14(19(21)22)13(11-7-3-1-4-8-11)17-15(18-16)12-9-5-2-6-10-12/h1-10H,(H,17,18,20). The molecule has 6 nitrogen and oxygen atoms in total. The van der Waals surface area contributed by atoms with E-state index in [9.17, 15) is 14.9 Å². The Morgan fingerprint density at radius 3 is 2.00 bits per heavy atom. The van der Waals surface area contributed by atoms with Crippen LogP contribution in [0, 0.1) is 10.1 Å². The second kappa shape index (κ2) is 5.61. The summed E-state index contributed by atoms with van der Waals surface area (Å²) < 4.78 is 0. The van der Waals surface area contributed by atoms with Crippen molar-refractivity contribution in [1.82, 2.24) is 9.97 Å². The number of aromatic amines is 1. The third kappa shape index (κ3) is 2.49. The van der Waals surface area contributed by atoms with Crippen molar-refractivity contribution in [3.63, 3.8) is 0 Å². The molecule has 0 radical (unpaired) electrons. The third-order valence-electron chi connectivity index (χ3n) is 3.17. The summed E-state index contributed by atoms with van der Waals surface area (Å²) in [5.74, 6) is 0.301. The minimum atomic E-state index is -0.766. The van der Waals surface area contributed by atoms with E-state index in [1.165, 1.54) is 0 Å². The normalized spacial score (nSPS) is 10.4. The van der Waals surface area contributed by atoms with Crippen molar-refractivity contribution in [2.24, 2.45) is 0 Å². The van der Waals surface area contributed by atoms with Gasteiger partial charge < -0.3 is 4.98 Å². The highest BCUT2D eigenvalue weighted by atomic mass is 16.6. The molecule has 0 spiro atoms.